The van der Waals surface area contributed by atoms with Gasteiger partial charge in [0, 0.05) is 6.08 Å². The first-order chi connectivity index (χ1) is 14.5. The molecule has 2 aromatic carbocycles. The first-order valence-electron chi connectivity index (χ1n) is 9.31. The van der Waals surface area contributed by atoms with Gasteiger partial charge in [0.15, 0.2) is 6.61 Å². The van der Waals surface area contributed by atoms with Crippen molar-refractivity contribution < 1.29 is 28.2 Å². The number of ether oxygens (including phenoxy) is 2. The van der Waals surface area contributed by atoms with Crippen molar-refractivity contribution in [3.8, 4) is 5.75 Å². The lowest BCUT2D eigenvalue weighted by atomic mass is 10.2. The maximum Gasteiger partial charge on any atom is 0.412 e. The lowest BCUT2D eigenvalue weighted by Gasteiger charge is -2.20. The van der Waals surface area contributed by atoms with Crippen molar-refractivity contribution in [2.24, 2.45) is 5.73 Å². The Balaban J connectivity index is 2.03. The first kappa shape index (κ1) is 23.4. The summed E-state index contributed by atoms with van der Waals surface area (Å²) in [5, 5.41) is 5.01. The van der Waals surface area contributed by atoms with Gasteiger partial charge >= 0.3 is 6.09 Å². The Hall–Kier alpha value is -3.88. The van der Waals surface area contributed by atoms with Crippen molar-refractivity contribution in [1.29, 1.82) is 0 Å². The highest BCUT2D eigenvalue weighted by molar-refractivity contribution is 6.05. The fourth-order valence-electron chi connectivity index (χ4n) is 2.32. The molecule has 2 rings (SSSR count). The minimum Gasteiger partial charge on any atom is -0.484 e. The quantitative estimate of drug-likeness (QED) is 0.580. The van der Waals surface area contributed by atoms with Crippen LogP contribution in [0, 0.1) is 5.82 Å². The van der Waals surface area contributed by atoms with E-state index in [1.165, 1.54) is 18.2 Å². The van der Waals surface area contributed by atoms with Gasteiger partial charge < -0.3 is 20.5 Å². The van der Waals surface area contributed by atoms with Crippen LogP contribution in [0.3, 0.4) is 0 Å². The van der Waals surface area contributed by atoms with Crippen LogP contribution in [0.4, 0.5) is 20.6 Å². The van der Waals surface area contributed by atoms with Gasteiger partial charge in [0.05, 0.1) is 11.4 Å². The van der Waals surface area contributed by atoms with Crippen LogP contribution in [0.15, 0.2) is 48.5 Å². The van der Waals surface area contributed by atoms with E-state index in [1.807, 2.05) is 0 Å². The molecule has 8 nitrogen and oxygen atoms in total. The van der Waals surface area contributed by atoms with Crippen molar-refractivity contribution in [3.05, 3.63) is 59.9 Å². The minimum atomic E-state index is -0.733. The summed E-state index contributed by atoms with van der Waals surface area (Å²) in [7, 11) is 0. The number of primary amides is 1. The summed E-state index contributed by atoms with van der Waals surface area (Å²) in [4.78, 5) is 35.0. The van der Waals surface area contributed by atoms with E-state index in [4.69, 9.17) is 15.2 Å². The zero-order chi connectivity index (χ0) is 23.0. The third-order valence-electron chi connectivity index (χ3n) is 3.56. The molecule has 164 valence electrons. The highest BCUT2D eigenvalue weighted by Gasteiger charge is 2.17. The number of nitrogens with two attached hydrogens (primary N) is 1. The molecule has 0 aliphatic carbocycles. The average Bonchev–Trinajstić information content (AvgIpc) is 2.66. The van der Waals surface area contributed by atoms with E-state index in [0.29, 0.717) is 11.3 Å². The second-order valence-corrected chi connectivity index (χ2v) is 7.46. The third-order valence-corrected chi connectivity index (χ3v) is 3.56. The minimum absolute atomic E-state index is 0.0794. The number of benzene rings is 2. The fourth-order valence-corrected chi connectivity index (χ4v) is 2.32. The van der Waals surface area contributed by atoms with Gasteiger partial charge in [-0.3, -0.25) is 14.9 Å². The van der Waals surface area contributed by atoms with Gasteiger partial charge in [-0.05, 0) is 62.7 Å². The molecular weight excluding hydrogens is 405 g/mol. The van der Waals surface area contributed by atoms with Crippen LogP contribution >= 0.6 is 0 Å². The fraction of sp³-hybridized carbons (Fsp3) is 0.227. The molecule has 0 aromatic heterocycles. The maximum atomic E-state index is 13.7. The van der Waals surface area contributed by atoms with Crippen molar-refractivity contribution in [1.82, 2.24) is 0 Å². The number of carbonyl (C=O) groups is 3. The average molecular weight is 429 g/mol. The summed E-state index contributed by atoms with van der Waals surface area (Å²) in [6.07, 6.45) is 2.05. The van der Waals surface area contributed by atoms with E-state index >= 15 is 0 Å². The number of nitrogens with one attached hydrogen (secondary N) is 2. The zero-order valence-corrected chi connectivity index (χ0v) is 17.4. The number of anilines is 2. The summed E-state index contributed by atoms with van der Waals surface area (Å²) < 4.78 is 24.0. The van der Waals surface area contributed by atoms with Gasteiger partial charge in [-0.1, -0.05) is 12.1 Å². The summed E-state index contributed by atoms with van der Waals surface area (Å²) in [6.45, 7) is 4.90. The molecule has 0 bridgehead atoms. The second kappa shape index (κ2) is 10.2. The van der Waals surface area contributed by atoms with Gasteiger partial charge in [0.25, 0.3) is 5.91 Å². The molecular formula is C22H24FN3O5. The van der Waals surface area contributed by atoms with Crippen molar-refractivity contribution >= 4 is 35.4 Å². The van der Waals surface area contributed by atoms with Crippen LogP contribution < -0.4 is 21.1 Å². The molecule has 0 radical (unpaired) electrons. The second-order valence-electron chi connectivity index (χ2n) is 7.46. The molecule has 0 aliphatic rings. The Bertz CT molecular complexity index is 982. The van der Waals surface area contributed by atoms with Gasteiger partial charge in [0.1, 0.15) is 17.2 Å². The number of carbonyl (C=O) groups excluding carboxylic acids is 3. The standard InChI is InChI=1S/C22H24FN3O5/c1-22(2,3)31-21(29)26-17-10-7-15(23)12-18(17)25-20(28)11-6-14-4-8-16(9-5-14)30-13-19(24)27/h4-12H,13H2,1-3H3,(H2,24,27)(H,25,28)(H,26,29)/b11-6+. The summed E-state index contributed by atoms with van der Waals surface area (Å²) in [5.74, 6) is -1.25. The third kappa shape index (κ3) is 8.57. The molecule has 4 N–H and O–H groups in total. The van der Waals surface area contributed by atoms with E-state index in [9.17, 15) is 18.8 Å². The number of hydrogen-bond donors (Lipinski definition) is 3. The molecule has 0 saturated carbocycles. The molecule has 9 heteroatoms. The normalized spacial score (nSPS) is 11.1. The maximum absolute atomic E-state index is 13.7. The lowest BCUT2D eigenvalue weighted by molar-refractivity contribution is -0.120. The van der Waals surface area contributed by atoms with E-state index in [1.54, 1.807) is 45.0 Å². The Morgan fingerprint density at radius 2 is 1.71 bits per heavy atom. The van der Waals surface area contributed by atoms with Crippen molar-refractivity contribution in [2.75, 3.05) is 17.2 Å². The molecule has 0 atom stereocenters. The monoisotopic (exact) mass is 429 g/mol. The SMILES string of the molecule is CC(C)(C)OC(=O)Nc1ccc(F)cc1NC(=O)/C=C/c1ccc(OCC(N)=O)cc1. The van der Waals surface area contributed by atoms with E-state index in [0.717, 1.165) is 12.1 Å². The predicted molar refractivity (Wildman–Crippen MR) is 115 cm³/mol. The molecule has 0 aliphatic heterocycles. The van der Waals surface area contributed by atoms with Crippen LogP contribution in [0.1, 0.15) is 26.3 Å². The Morgan fingerprint density at radius 1 is 1.03 bits per heavy atom. The Kier molecular flexibility index (Phi) is 7.73. The number of halogens is 1. The van der Waals surface area contributed by atoms with E-state index in [-0.39, 0.29) is 18.0 Å². The molecule has 0 heterocycles. The van der Waals surface area contributed by atoms with E-state index in [2.05, 4.69) is 10.6 Å². The van der Waals surface area contributed by atoms with Crippen LogP contribution in [-0.2, 0) is 14.3 Å². The van der Waals surface area contributed by atoms with Gasteiger partial charge in [0.2, 0.25) is 5.91 Å². The van der Waals surface area contributed by atoms with Crippen LogP contribution in [0.25, 0.3) is 6.08 Å². The Morgan fingerprint density at radius 3 is 2.32 bits per heavy atom. The van der Waals surface area contributed by atoms with Gasteiger partial charge in [-0.15, -0.1) is 0 Å². The smallest absolute Gasteiger partial charge is 0.412 e. The number of hydrogen-bond acceptors (Lipinski definition) is 5. The van der Waals surface area contributed by atoms with Crippen LogP contribution in [0.5, 0.6) is 5.75 Å². The molecule has 3 amide bonds. The van der Waals surface area contributed by atoms with Crippen molar-refractivity contribution in [2.45, 2.75) is 26.4 Å². The molecule has 0 saturated heterocycles. The zero-order valence-electron chi connectivity index (χ0n) is 17.4. The summed E-state index contributed by atoms with van der Waals surface area (Å²) in [6, 6.07) is 10.2. The van der Waals surface area contributed by atoms with E-state index < -0.39 is 29.3 Å². The number of amides is 3. The van der Waals surface area contributed by atoms with Gasteiger partial charge in [-0.25, -0.2) is 9.18 Å². The molecule has 0 spiro atoms. The van der Waals surface area contributed by atoms with Crippen molar-refractivity contribution in [3.63, 3.8) is 0 Å². The molecule has 0 fully saturated rings. The topological polar surface area (TPSA) is 120 Å². The number of rotatable bonds is 7. The largest absolute Gasteiger partial charge is 0.484 e. The van der Waals surface area contributed by atoms with Crippen LogP contribution in [0.2, 0.25) is 0 Å². The lowest BCUT2D eigenvalue weighted by Crippen LogP contribution is -2.27. The highest BCUT2D eigenvalue weighted by atomic mass is 19.1. The first-order valence-corrected chi connectivity index (χ1v) is 9.31. The predicted octanol–water partition coefficient (Wildman–Crippen LogP) is 3.69. The molecule has 31 heavy (non-hydrogen) atoms. The molecule has 2 aromatic rings. The summed E-state index contributed by atoms with van der Waals surface area (Å²) >= 11 is 0. The Labute approximate surface area is 179 Å². The summed E-state index contributed by atoms with van der Waals surface area (Å²) in [5.41, 5.74) is 5.26. The molecule has 0 unspecified atom stereocenters. The van der Waals surface area contributed by atoms with Gasteiger partial charge in [-0.2, -0.15) is 0 Å². The van der Waals surface area contributed by atoms with Crippen LogP contribution in [-0.4, -0.2) is 30.1 Å². The highest BCUT2D eigenvalue weighted by Crippen LogP contribution is 2.24.